The second-order valence-corrected chi connectivity index (χ2v) is 4.27. The van der Waals surface area contributed by atoms with Crippen LogP contribution in [0.2, 0.25) is 0 Å². The Labute approximate surface area is 124 Å². The van der Waals surface area contributed by atoms with E-state index >= 15 is 0 Å². The average molecular weight is 308 g/mol. The van der Waals surface area contributed by atoms with Gasteiger partial charge >= 0.3 is 6.16 Å². The zero-order valence-corrected chi connectivity index (χ0v) is 11.4. The summed E-state index contributed by atoms with van der Waals surface area (Å²) in [5.41, 5.74) is 0. The molecule has 9 heteroatoms. The maximum absolute atomic E-state index is 11.3. The van der Waals surface area contributed by atoms with E-state index in [2.05, 4.69) is 9.47 Å². The summed E-state index contributed by atoms with van der Waals surface area (Å²) < 4.78 is 9.36. The molecule has 2 rings (SSSR count). The highest BCUT2D eigenvalue weighted by molar-refractivity contribution is 6.13. The fourth-order valence-corrected chi connectivity index (χ4v) is 1.79. The zero-order chi connectivity index (χ0) is 16.1. The minimum absolute atomic E-state index is 0.0766. The van der Waals surface area contributed by atoms with Gasteiger partial charge < -0.3 is 9.47 Å². The van der Waals surface area contributed by atoms with Gasteiger partial charge in [0.25, 0.3) is 23.6 Å². The van der Waals surface area contributed by atoms with Crippen molar-refractivity contribution in [3.05, 3.63) is 24.3 Å². The number of nitrogens with zero attached hydrogens (tertiary/aromatic N) is 2. The molecule has 2 aliphatic heterocycles. The Morgan fingerprint density at radius 1 is 0.727 bits per heavy atom. The summed E-state index contributed by atoms with van der Waals surface area (Å²) in [6.45, 7) is -0.568. The van der Waals surface area contributed by atoms with Gasteiger partial charge in [0.15, 0.2) is 0 Å². The van der Waals surface area contributed by atoms with Gasteiger partial charge in [0.05, 0.1) is 13.1 Å². The zero-order valence-electron chi connectivity index (χ0n) is 11.4. The SMILES string of the molecule is O=C(OCCN1C(=O)C=CC1=O)OCCN1C(=O)C=CC1=O. The minimum Gasteiger partial charge on any atom is -0.432 e. The lowest BCUT2D eigenvalue weighted by Gasteiger charge is -2.15. The maximum Gasteiger partial charge on any atom is 0.508 e. The molecule has 0 unspecified atom stereocenters. The van der Waals surface area contributed by atoms with Crippen LogP contribution in [-0.2, 0) is 28.7 Å². The predicted molar refractivity (Wildman–Crippen MR) is 69.0 cm³/mol. The van der Waals surface area contributed by atoms with Gasteiger partial charge in [0.1, 0.15) is 13.2 Å². The van der Waals surface area contributed by atoms with E-state index < -0.39 is 29.8 Å². The van der Waals surface area contributed by atoms with Crippen LogP contribution in [0.25, 0.3) is 0 Å². The third kappa shape index (κ3) is 3.57. The van der Waals surface area contributed by atoms with Crippen LogP contribution < -0.4 is 0 Å². The summed E-state index contributed by atoms with van der Waals surface area (Å²) in [6, 6.07) is 0. The van der Waals surface area contributed by atoms with Gasteiger partial charge in [-0.15, -0.1) is 0 Å². The number of carbonyl (C=O) groups excluding carboxylic acids is 5. The molecule has 0 atom stereocenters. The molecule has 116 valence electrons. The van der Waals surface area contributed by atoms with Crippen molar-refractivity contribution in [1.29, 1.82) is 0 Å². The fraction of sp³-hybridized carbons (Fsp3) is 0.308. The van der Waals surface area contributed by atoms with Crippen molar-refractivity contribution in [2.24, 2.45) is 0 Å². The van der Waals surface area contributed by atoms with Crippen molar-refractivity contribution in [3.63, 3.8) is 0 Å². The maximum atomic E-state index is 11.3. The lowest BCUT2D eigenvalue weighted by atomic mass is 10.5. The van der Waals surface area contributed by atoms with Crippen molar-refractivity contribution in [2.75, 3.05) is 26.3 Å². The van der Waals surface area contributed by atoms with E-state index in [0.717, 1.165) is 34.1 Å². The number of rotatable bonds is 6. The molecule has 0 spiro atoms. The lowest BCUT2D eigenvalue weighted by molar-refractivity contribution is -0.138. The number of hydrogen-bond acceptors (Lipinski definition) is 7. The van der Waals surface area contributed by atoms with E-state index in [4.69, 9.17) is 0 Å². The molecule has 9 nitrogen and oxygen atoms in total. The summed E-state index contributed by atoms with van der Waals surface area (Å²) in [6.07, 6.45) is 3.48. The summed E-state index contributed by atoms with van der Waals surface area (Å²) in [5, 5.41) is 0. The van der Waals surface area contributed by atoms with Crippen LogP contribution in [0.15, 0.2) is 24.3 Å². The molecule has 0 bridgehead atoms. The molecule has 2 heterocycles. The number of imide groups is 2. The third-order valence-corrected chi connectivity index (χ3v) is 2.87. The Kier molecular flexibility index (Phi) is 4.66. The molecule has 0 radical (unpaired) electrons. The largest absolute Gasteiger partial charge is 0.508 e. The highest BCUT2D eigenvalue weighted by atomic mass is 16.7. The first-order valence-electron chi connectivity index (χ1n) is 6.35. The highest BCUT2D eigenvalue weighted by Gasteiger charge is 2.24. The number of carbonyl (C=O) groups is 5. The van der Waals surface area contributed by atoms with Crippen LogP contribution in [0.1, 0.15) is 0 Å². The van der Waals surface area contributed by atoms with Gasteiger partial charge in [-0.25, -0.2) is 4.79 Å². The molecule has 4 amide bonds. The Morgan fingerprint density at radius 2 is 1.05 bits per heavy atom. The summed E-state index contributed by atoms with van der Waals surface area (Å²) in [7, 11) is 0. The molecule has 0 fully saturated rings. The quantitative estimate of drug-likeness (QED) is 0.456. The molecule has 0 saturated heterocycles. The molecule has 0 aromatic rings. The molecule has 22 heavy (non-hydrogen) atoms. The Hall–Kier alpha value is -2.97. The Bertz CT molecular complexity index is 507. The van der Waals surface area contributed by atoms with Crippen molar-refractivity contribution in [2.45, 2.75) is 0 Å². The predicted octanol–water partition coefficient (Wildman–Crippen LogP) is -1.01. The molecule has 0 aromatic heterocycles. The number of amides is 4. The van der Waals surface area contributed by atoms with Crippen LogP contribution in [0.4, 0.5) is 4.79 Å². The van der Waals surface area contributed by atoms with Crippen LogP contribution in [0, 0.1) is 0 Å². The van der Waals surface area contributed by atoms with Crippen LogP contribution in [-0.4, -0.2) is 65.9 Å². The topological polar surface area (TPSA) is 110 Å². The van der Waals surface area contributed by atoms with E-state index in [1.807, 2.05) is 0 Å². The lowest BCUT2D eigenvalue weighted by Crippen LogP contribution is -2.35. The number of ether oxygens (including phenoxy) is 2. The van der Waals surface area contributed by atoms with Gasteiger partial charge in [-0.2, -0.15) is 0 Å². The van der Waals surface area contributed by atoms with Gasteiger partial charge in [-0.3, -0.25) is 29.0 Å². The van der Waals surface area contributed by atoms with E-state index in [1.165, 1.54) is 0 Å². The van der Waals surface area contributed by atoms with E-state index in [-0.39, 0.29) is 26.3 Å². The smallest absolute Gasteiger partial charge is 0.432 e. The first-order valence-corrected chi connectivity index (χ1v) is 6.35. The standard InChI is InChI=1S/C13H12N2O7/c16-9-1-2-10(17)14(9)5-7-21-13(20)22-8-6-15-11(18)3-4-12(15)19/h1-4H,5-8H2. The van der Waals surface area contributed by atoms with Crippen molar-refractivity contribution >= 4 is 29.8 Å². The van der Waals surface area contributed by atoms with Gasteiger partial charge in [-0.1, -0.05) is 0 Å². The first-order chi connectivity index (χ1) is 10.5. The third-order valence-electron chi connectivity index (χ3n) is 2.87. The summed E-state index contributed by atoms with van der Waals surface area (Å²) in [4.78, 5) is 57.9. The van der Waals surface area contributed by atoms with E-state index in [9.17, 15) is 24.0 Å². The molecule has 0 aromatic carbocycles. The van der Waals surface area contributed by atoms with E-state index in [1.54, 1.807) is 0 Å². The molecule has 0 saturated carbocycles. The molecular formula is C13H12N2O7. The minimum atomic E-state index is -1.01. The van der Waals surface area contributed by atoms with Crippen molar-refractivity contribution in [3.8, 4) is 0 Å². The molecule has 0 aliphatic carbocycles. The highest BCUT2D eigenvalue weighted by Crippen LogP contribution is 2.04. The van der Waals surface area contributed by atoms with Crippen LogP contribution >= 0.6 is 0 Å². The Balaban J connectivity index is 1.60. The van der Waals surface area contributed by atoms with Gasteiger partial charge in [0, 0.05) is 24.3 Å². The summed E-state index contributed by atoms with van der Waals surface area (Å²) >= 11 is 0. The van der Waals surface area contributed by atoms with Crippen molar-refractivity contribution in [1.82, 2.24) is 9.80 Å². The van der Waals surface area contributed by atoms with Crippen LogP contribution in [0.3, 0.4) is 0 Å². The molecular weight excluding hydrogens is 296 g/mol. The van der Waals surface area contributed by atoms with Crippen molar-refractivity contribution < 1.29 is 33.4 Å². The summed E-state index contributed by atoms with van der Waals surface area (Å²) in [5.74, 6) is -1.89. The fourth-order valence-electron chi connectivity index (χ4n) is 1.79. The van der Waals surface area contributed by atoms with Gasteiger partial charge in [-0.05, 0) is 0 Å². The second-order valence-electron chi connectivity index (χ2n) is 4.27. The number of hydrogen-bond donors (Lipinski definition) is 0. The monoisotopic (exact) mass is 308 g/mol. The average Bonchev–Trinajstić information content (AvgIpc) is 2.96. The van der Waals surface area contributed by atoms with Crippen LogP contribution in [0.5, 0.6) is 0 Å². The first kappa shape index (κ1) is 15.4. The van der Waals surface area contributed by atoms with Gasteiger partial charge in [0.2, 0.25) is 0 Å². The molecule has 0 N–H and O–H groups in total. The second kappa shape index (κ2) is 6.66. The normalized spacial score (nSPS) is 16.9. The van der Waals surface area contributed by atoms with E-state index in [0.29, 0.717) is 0 Å². The Morgan fingerprint density at radius 3 is 1.36 bits per heavy atom. The molecule has 2 aliphatic rings.